The molecule has 0 radical (unpaired) electrons. The molecule has 3 unspecified atom stereocenters. The Labute approximate surface area is 127 Å². The highest BCUT2D eigenvalue weighted by Crippen LogP contribution is 2.33. The maximum absolute atomic E-state index is 11.7. The minimum Gasteiger partial charge on any atom is -0.468 e. The molecule has 1 aliphatic rings. The molecule has 0 bridgehead atoms. The number of rotatable bonds is 4. The Kier molecular flexibility index (Phi) is 4.81. The van der Waals surface area contributed by atoms with E-state index in [1.807, 2.05) is 26.0 Å². The first kappa shape index (κ1) is 16.1. The largest absolute Gasteiger partial charge is 0.468 e. The number of hydrogen-bond acceptors (Lipinski definition) is 5. The zero-order chi connectivity index (χ0) is 15.6. The molecule has 5 nitrogen and oxygen atoms in total. The van der Waals surface area contributed by atoms with Crippen LogP contribution in [0.15, 0.2) is 24.3 Å². The average Bonchev–Trinajstić information content (AvgIpc) is 2.79. The monoisotopic (exact) mass is 312 g/mol. The zero-order valence-corrected chi connectivity index (χ0v) is 13.4. The standard InChI is InChI=1S/C15H20O5S/c1-15(2)19-9-12(20-15)10-5-7-11(8-6-10)13(21(4)17)14(16)18-3/h5-8,12-13H,9H2,1-4H3. The first-order valence-corrected chi connectivity index (χ1v) is 8.28. The second kappa shape index (κ2) is 6.25. The van der Waals surface area contributed by atoms with E-state index in [1.54, 1.807) is 12.1 Å². The van der Waals surface area contributed by atoms with Crippen LogP contribution in [0.2, 0.25) is 0 Å². The lowest BCUT2D eigenvalue weighted by atomic mass is 10.1. The summed E-state index contributed by atoms with van der Waals surface area (Å²) in [6, 6.07) is 7.31. The van der Waals surface area contributed by atoms with Gasteiger partial charge < -0.3 is 14.2 Å². The third-order valence-corrected chi connectivity index (χ3v) is 4.50. The molecular weight excluding hydrogens is 292 g/mol. The number of carbonyl (C=O) groups is 1. The van der Waals surface area contributed by atoms with Gasteiger partial charge in [-0.05, 0) is 25.0 Å². The summed E-state index contributed by atoms with van der Waals surface area (Å²) in [7, 11) is -0.0418. The second-order valence-corrected chi connectivity index (χ2v) is 6.85. The number of hydrogen-bond donors (Lipinski definition) is 0. The molecule has 1 aliphatic heterocycles. The summed E-state index contributed by atoms with van der Waals surface area (Å²) in [5.41, 5.74) is 1.64. The molecule has 0 saturated carbocycles. The maximum Gasteiger partial charge on any atom is 0.325 e. The summed E-state index contributed by atoms with van der Waals surface area (Å²) >= 11 is 0. The molecule has 0 N–H and O–H groups in total. The van der Waals surface area contributed by atoms with Gasteiger partial charge in [0.15, 0.2) is 11.0 Å². The average molecular weight is 312 g/mol. The van der Waals surface area contributed by atoms with E-state index in [-0.39, 0.29) is 6.10 Å². The van der Waals surface area contributed by atoms with Gasteiger partial charge >= 0.3 is 5.97 Å². The van der Waals surface area contributed by atoms with Crippen LogP contribution in [-0.2, 0) is 29.8 Å². The molecule has 6 heteroatoms. The van der Waals surface area contributed by atoms with E-state index < -0.39 is 27.8 Å². The SMILES string of the molecule is COC(=O)C(c1ccc(C2COC(C)(C)O2)cc1)S(C)=O. The Morgan fingerprint density at radius 1 is 1.38 bits per heavy atom. The van der Waals surface area contributed by atoms with Crippen LogP contribution < -0.4 is 0 Å². The van der Waals surface area contributed by atoms with Crippen LogP contribution in [0.4, 0.5) is 0 Å². The van der Waals surface area contributed by atoms with Crippen LogP contribution in [0, 0.1) is 0 Å². The molecule has 1 fully saturated rings. The minimum absolute atomic E-state index is 0.127. The highest BCUT2D eigenvalue weighted by Gasteiger charge is 2.33. The van der Waals surface area contributed by atoms with Gasteiger partial charge in [0.05, 0.1) is 13.7 Å². The fraction of sp³-hybridized carbons (Fsp3) is 0.533. The van der Waals surface area contributed by atoms with Crippen LogP contribution in [0.1, 0.15) is 36.3 Å². The third kappa shape index (κ3) is 3.70. The Hall–Kier alpha value is -1.24. The van der Waals surface area contributed by atoms with Crippen LogP contribution in [0.25, 0.3) is 0 Å². The summed E-state index contributed by atoms with van der Waals surface area (Å²) in [5.74, 6) is -1.08. The van der Waals surface area contributed by atoms with Crippen molar-refractivity contribution in [3.63, 3.8) is 0 Å². The summed E-state index contributed by atoms with van der Waals surface area (Å²) in [6.45, 7) is 4.23. The Balaban J connectivity index is 2.18. The Bertz CT molecular complexity index is 537. The number of esters is 1. The molecule has 116 valence electrons. The van der Waals surface area contributed by atoms with Gasteiger partial charge in [-0.3, -0.25) is 9.00 Å². The van der Waals surface area contributed by atoms with Gasteiger partial charge in [0.1, 0.15) is 6.10 Å². The van der Waals surface area contributed by atoms with Crippen molar-refractivity contribution in [2.75, 3.05) is 20.0 Å². The minimum atomic E-state index is -1.34. The van der Waals surface area contributed by atoms with E-state index in [1.165, 1.54) is 13.4 Å². The van der Waals surface area contributed by atoms with Gasteiger partial charge in [-0.1, -0.05) is 24.3 Å². The van der Waals surface area contributed by atoms with Crippen molar-refractivity contribution in [2.24, 2.45) is 0 Å². The van der Waals surface area contributed by atoms with Gasteiger partial charge in [0, 0.05) is 17.1 Å². The highest BCUT2D eigenvalue weighted by atomic mass is 32.2. The lowest BCUT2D eigenvalue weighted by molar-refractivity contribution is -0.140. The quantitative estimate of drug-likeness (QED) is 0.797. The number of methoxy groups -OCH3 is 1. The van der Waals surface area contributed by atoms with Crippen molar-refractivity contribution in [2.45, 2.75) is 31.0 Å². The molecule has 1 heterocycles. The molecule has 0 spiro atoms. The summed E-state index contributed by atoms with van der Waals surface area (Å²) in [6.07, 6.45) is 1.36. The molecule has 2 rings (SSSR count). The molecule has 0 aliphatic carbocycles. The summed E-state index contributed by atoms with van der Waals surface area (Å²) in [4.78, 5) is 11.7. The van der Waals surface area contributed by atoms with E-state index in [2.05, 4.69) is 0 Å². The lowest BCUT2D eigenvalue weighted by Crippen LogP contribution is -2.20. The number of benzene rings is 1. The van der Waals surface area contributed by atoms with Crippen molar-refractivity contribution in [1.82, 2.24) is 0 Å². The zero-order valence-electron chi connectivity index (χ0n) is 12.6. The van der Waals surface area contributed by atoms with Crippen molar-refractivity contribution < 1.29 is 23.2 Å². The van der Waals surface area contributed by atoms with Crippen LogP contribution >= 0.6 is 0 Å². The van der Waals surface area contributed by atoms with E-state index in [9.17, 15) is 9.00 Å². The molecule has 0 amide bonds. The van der Waals surface area contributed by atoms with Gasteiger partial charge in [-0.15, -0.1) is 0 Å². The predicted octanol–water partition coefficient (Wildman–Crippen LogP) is 2.10. The molecule has 3 atom stereocenters. The van der Waals surface area contributed by atoms with Gasteiger partial charge in [-0.25, -0.2) is 0 Å². The molecule has 0 aromatic heterocycles. The van der Waals surface area contributed by atoms with Crippen molar-refractivity contribution in [1.29, 1.82) is 0 Å². The molecule has 1 aromatic rings. The topological polar surface area (TPSA) is 61.8 Å². The first-order chi connectivity index (χ1) is 9.84. The smallest absolute Gasteiger partial charge is 0.325 e. The van der Waals surface area contributed by atoms with E-state index >= 15 is 0 Å². The van der Waals surface area contributed by atoms with E-state index in [0.29, 0.717) is 12.2 Å². The van der Waals surface area contributed by atoms with Crippen molar-refractivity contribution >= 4 is 16.8 Å². The number of carbonyl (C=O) groups excluding carboxylic acids is 1. The van der Waals surface area contributed by atoms with Gasteiger partial charge in [0.2, 0.25) is 0 Å². The van der Waals surface area contributed by atoms with E-state index in [4.69, 9.17) is 14.2 Å². The predicted molar refractivity (Wildman–Crippen MR) is 79.1 cm³/mol. The lowest BCUT2D eigenvalue weighted by Gasteiger charge is -2.18. The molecule has 21 heavy (non-hydrogen) atoms. The maximum atomic E-state index is 11.7. The normalized spacial score (nSPS) is 23.5. The Morgan fingerprint density at radius 2 is 2.00 bits per heavy atom. The molecule has 1 aromatic carbocycles. The highest BCUT2D eigenvalue weighted by molar-refractivity contribution is 7.85. The Morgan fingerprint density at radius 3 is 2.43 bits per heavy atom. The number of ether oxygens (including phenoxy) is 3. The molecule has 1 saturated heterocycles. The van der Waals surface area contributed by atoms with Crippen molar-refractivity contribution in [3.05, 3.63) is 35.4 Å². The summed E-state index contributed by atoms with van der Waals surface area (Å²) in [5, 5.41) is -0.763. The van der Waals surface area contributed by atoms with Crippen LogP contribution in [0.5, 0.6) is 0 Å². The summed E-state index contributed by atoms with van der Waals surface area (Å²) < 4.78 is 27.8. The second-order valence-electron chi connectivity index (χ2n) is 5.39. The van der Waals surface area contributed by atoms with Gasteiger partial charge in [-0.2, -0.15) is 0 Å². The fourth-order valence-corrected chi connectivity index (χ4v) is 3.21. The van der Waals surface area contributed by atoms with Crippen LogP contribution in [0.3, 0.4) is 0 Å². The first-order valence-electron chi connectivity index (χ1n) is 6.66. The van der Waals surface area contributed by atoms with Crippen molar-refractivity contribution in [3.8, 4) is 0 Å². The van der Waals surface area contributed by atoms with E-state index in [0.717, 1.165) is 5.56 Å². The van der Waals surface area contributed by atoms with Gasteiger partial charge in [0.25, 0.3) is 0 Å². The van der Waals surface area contributed by atoms with Crippen LogP contribution in [-0.4, -0.2) is 35.9 Å². The fourth-order valence-electron chi connectivity index (χ4n) is 2.31. The third-order valence-electron chi connectivity index (χ3n) is 3.37. The molecular formula is C15H20O5S.